The molecule has 112 valence electrons. The van der Waals surface area contributed by atoms with E-state index < -0.39 is 12.0 Å². The fourth-order valence-corrected chi connectivity index (χ4v) is 2.89. The number of nitrogens with two attached hydrogens (primary N) is 1. The number of halogens is 1. The van der Waals surface area contributed by atoms with Crippen LogP contribution in [0.4, 0.5) is 4.39 Å². The molecule has 1 heterocycles. The van der Waals surface area contributed by atoms with E-state index in [9.17, 15) is 9.18 Å². The van der Waals surface area contributed by atoms with Crippen molar-refractivity contribution in [1.29, 1.82) is 0 Å². The molecule has 0 aliphatic carbocycles. The summed E-state index contributed by atoms with van der Waals surface area (Å²) in [5.74, 6) is 0.382. The van der Waals surface area contributed by atoms with Crippen LogP contribution in [0.1, 0.15) is 12.5 Å². The van der Waals surface area contributed by atoms with Crippen molar-refractivity contribution in [2.75, 3.05) is 12.4 Å². The summed E-state index contributed by atoms with van der Waals surface area (Å²) in [4.78, 5) is 15.6. The first-order valence-electron chi connectivity index (χ1n) is 6.65. The molecule has 0 amide bonds. The molecule has 1 unspecified atom stereocenters. The number of benzene rings is 1. The molecule has 1 atom stereocenters. The zero-order chi connectivity index (χ0) is 15.2. The molecule has 6 heteroatoms. The lowest BCUT2D eigenvalue weighted by atomic mass is 10.1. The Morgan fingerprint density at radius 2 is 2.29 bits per heavy atom. The topological polar surface area (TPSA) is 65.2 Å². The summed E-state index contributed by atoms with van der Waals surface area (Å²) in [6.07, 6.45) is 1.64. The lowest BCUT2D eigenvalue weighted by molar-refractivity contribution is -0.144. The number of aromatic nitrogens is 1. The van der Waals surface area contributed by atoms with Crippen molar-refractivity contribution < 1.29 is 13.9 Å². The molecule has 0 fully saturated rings. The maximum absolute atomic E-state index is 13.7. The normalized spacial score (nSPS) is 12.3. The van der Waals surface area contributed by atoms with Crippen LogP contribution in [0.25, 0.3) is 10.9 Å². The predicted octanol–water partition coefficient (Wildman–Crippen LogP) is 2.50. The van der Waals surface area contributed by atoms with Crippen LogP contribution in [0.2, 0.25) is 0 Å². The van der Waals surface area contributed by atoms with Gasteiger partial charge >= 0.3 is 5.97 Å². The van der Waals surface area contributed by atoms with E-state index in [2.05, 4.69) is 4.98 Å². The Labute approximate surface area is 126 Å². The van der Waals surface area contributed by atoms with Crippen molar-refractivity contribution in [3.63, 3.8) is 0 Å². The SMILES string of the molecule is CCOC(=O)C(N)CSCc1ccc(F)c2cccnc12. The highest BCUT2D eigenvalue weighted by molar-refractivity contribution is 7.98. The number of pyridine rings is 1. The van der Waals surface area contributed by atoms with E-state index >= 15 is 0 Å². The third kappa shape index (κ3) is 3.92. The van der Waals surface area contributed by atoms with Crippen molar-refractivity contribution in [2.24, 2.45) is 5.73 Å². The highest BCUT2D eigenvalue weighted by Gasteiger charge is 2.15. The Hall–Kier alpha value is -1.66. The van der Waals surface area contributed by atoms with Gasteiger partial charge in [-0.3, -0.25) is 9.78 Å². The van der Waals surface area contributed by atoms with Gasteiger partial charge in [-0.1, -0.05) is 6.07 Å². The van der Waals surface area contributed by atoms with E-state index in [0.717, 1.165) is 5.56 Å². The van der Waals surface area contributed by atoms with Gasteiger partial charge in [0.25, 0.3) is 0 Å². The second-order valence-corrected chi connectivity index (χ2v) is 5.51. The van der Waals surface area contributed by atoms with Crippen LogP contribution in [0.5, 0.6) is 0 Å². The summed E-state index contributed by atoms with van der Waals surface area (Å²) >= 11 is 1.50. The highest BCUT2D eigenvalue weighted by Crippen LogP contribution is 2.23. The number of carbonyl (C=O) groups is 1. The van der Waals surface area contributed by atoms with E-state index in [1.165, 1.54) is 17.8 Å². The summed E-state index contributed by atoms with van der Waals surface area (Å²) in [5, 5.41) is 0.505. The zero-order valence-corrected chi connectivity index (χ0v) is 12.5. The van der Waals surface area contributed by atoms with E-state index in [1.54, 1.807) is 31.3 Å². The lowest BCUT2D eigenvalue weighted by Gasteiger charge is -2.11. The van der Waals surface area contributed by atoms with Crippen LogP contribution >= 0.6 is 11.8 Å². The van der Waals surface area contributed by atoms with Crippen molar-refractivity contribution in [1.82, 2.24) is 4.98 Å². The quantitative estimate of drug-likeness (QED) is 0.831. The van der Waals surface area contributed by atoms with Crippen molar-refractivity contribution in [2.45, 2.75) is 18.7 Å². The van der Waals surface area contributed by atoms with Crippen molar-refractivity contribution >= 4 is 28.6 Å². The van der Waals surface area contributed by atoms with Crippen LogP contribution in [-0.2, 0) is 15.3 Å². The molecule has 0 saturated carbocycles. The molecule has 0 saturated heterocycles. The smallest absolute Gasteiger partial charge is 0.323 e. The Morgan fingerprint density at radius 3 is 3.05 bits per heavy atom. The maximum Gasteiger partial charge on any atom is 0.323 e. The number of nitrogens with zero attached hydrogens (tertiary/aromatic N) is 1. The standard InChI is InChI=1S/C15H17FN2O2S/c1-2-20-15(19)13(17)9-21-8-10-5-6-12(16)11-4-3-7-18-14(10)11/h3-7,13H,2,8-9,17H2,1H3. The number of hydrogen-bond donors (Lipinski definition) is 1. The molecule has 0 bridgehead atoms. The van der Waals surface area contributed by atoms with E-state index in [1.807, 2.05) is 0 Å². The summed E-state index contributed by atoms with van der Waals surface area (Å²) in [6.45, 7) is 2.07. The van der Waals surface area contributed by atoms with E-state index in [4.69, 9.17) is 10.5 Å². The molecule has 1 aromatic carbocycles. The Bertz CT molecular complexity index is 636. The molecule has 1 aromatic heterocycles. The van der Waals surface area contributed by atoms with Crippen LogP contribution in [0, 0.1) is 5.82 Å². The first-order valence-corrected chi connectivity index (χ1v) is 7.81. The van der Waals surface area contributed by atoms with Gasteiger partial charge in [0, 0.05) is 23.1 Å². The maximum atomic E-state index is 13.7. The van der Waals surface area contributed by atoms with Gasteiger partial charge in [-0.25, -0.2) is 4.39 Å². The van der Waals surface area contributed by atoms with Crippen LogP contribution in [-0.4, -0.2) is 29.4 Å². The number of esters is 1. The third-order valence-corrected chi connectivity index (χ3v) is 4.05. The lowest BCUT2D eigenvalue weighted by Crippen LogP contribution is -2.34. The Kier molecular flexibility index (Phi) is 5.52. The summed E-state index contributed by atoms with van der Waals surface area (Å²) in [7, 11) is 0. The van der Waals surface area contributed by atoms with Crippen molar-refractivity contribution in [3.8, 4) is 0 Å². The average molecular weight is 308 g/mol. The van der Waals surface area contributed by atoms with E-state index in [-0.39, 0.29) is 5.82 Å². The van der Waals surface area contributed by atoms with Gasteiger partial charge in [0.1, 0.15) is 11.9 Å². The number of fused-ring (bicyclic) bond motifs is 1. The van der Waals surface area contributed by atoms with Gasteiger partial charge < -0.3 is 10.5 Å². The first kappa shape index (κ1) is 15.7. The summed E-state index contributed by atoms with van der Waals surface area (Å²) in [6, 6.07) is 5.92. The second-order valence-electron chi connectivity index (χ2n) is 4.48. The van der Waals surface area contributed by atoms with Gasteiger partial charge in [-0.15, -0.1) is 0 Å². The van der Waals surface area contributed by atoms with Crippen molar-refractivity contribution in [3.05, 3.63) is 41.8 Å². The fourth-order valence-electron chi connectivity index (χ4n) is 1.93. The monoisotopic (exact) mass is 308 g/mol. The number of carbonyl (C=O) groups excluding carboxylic acids is 1. The number of rotatable bonds is 6. The molecule has 2 rings (SSSR count). The van der Waals surface area contributed by atoms with Crippen LogP contribution < -0.4 is 5.73 Å². The average Bonchev–Trinajstić information content (AvgIpc) is 2.50. The molecular weight excluding hydrogens is 291 g/mol. The van der Waals surface area contributed by atoms with Crippen LogP contribution in [0.15, 0.2) is 30.5 Å². The number of hydrogen-bond acceptors (Lipinski definition) is 5. The minimum absolute atomic E-state index is 0.282. The predicted molar refractivity (Wildman–Crippen MR) is 82.5 cm³/mol. The van der Waals surface area contributed by atoms with Gasteiger partial charge in [0.2, 0.25) is 0 Å². The van der Waals surface area contributed by atoms with Crippen LogP contribution in [0.3, 0.4) is 0 Å². The molecule has 0 aliphatic heterocycles. The highest BCUT2D eigenvalue weighted by atomic mass is 32.2. The molecule has 0 radical (unpaired) electrons. The van der Waals surface area contributed by atoms with E-state index in [0.29, 0.717) is 29.0 Å². The second kappa shape index (κ2) is 7.38. The molecule has 0 aliphatic rings. The largest absolute Gasteiger partial charge is 0.465 e. The summed E-state index contributed by atoms with van der Waals surface area (Å²) in [5.41, 5.74) is 7.31. The number of ether oxygens (including phenoxy) is 1. The molecule has 0 spiro atoms. The molecule has 2 N–H and O–H groups in total. The Morgan fingerprint density at radius 1 is 1.48 bits per heavy atom. The minimum atomic E-state index is -0.644. The van der Waals surface area contributed by atoms with Gasteiger partial charge in [0.15, 0.2) is 0 Å². The molecule has 2 aromatic rings. The zero-order valence-electron chi connectivity index (χ0n) is 11.7. The fraction of sp³-hybridized carbons (Fsp3) is 0.333. The molecule has 4 nitrogen and oxygen atoms in total. The number of thioether (sulfide) groups is 1. The van der Waals surface area contributed by atoms with Gasteiger partial charge in [-0.2, -0.15) is 11.8 Å². The van der Waals surface area contributed by atoms with Gasteiger partial charge in [-0.05, 0) is 30.7 Å². The Balaban J connectivity index is 2.01. The molecule has 21 heavy (non-hydrogen) atoms. The summed E-state index contributed by atoms with van der Waals surface area (Å²) < 4.78 is 18.5. The third-order valence-electron chi connectivity index (χ3n) is 2.94. The minimum Gasteiger partial charge on any atom is -0.465 e. The first-order chi connectivity index (χ1) is 10.1. The molecular formula is C15H17FN2O2S. The van der Waals surface area contributed by atoms with Gasteiger partial charge in [0.05, 0.1) is 12.1 Å².